The van der Waals surface area contributed by atoms with Gasteiger partial charge in [0.2, 0.25) is 9.84 Å². The molecule has 1 saturated carbocycles. The molecule has 1 aromatic heterocycles. The number of fused-ring (bicyclic) bond motifs is 1. The van der Waals surface area contributed by atoms with Crippen LogP contribution in [0.1, 0.15) is 49.7 Å². The van der Waals surface area contributed by atoms with Crippen molar-refractivity contribution >= 4 is 15.5 Å². The molecule has 2 saturated heterocycles. The fourth-order valence-corrected chi connectivity index (χ4v) is 9.76. The van der Waals surface area contributed by atoms with Crippen LogP contribution in [-0.4, -0.2) is 57.6 Å². The Morgan fingerprint density at radius 3 is 2.22 bits per heavy atom. The average Bonchev–Trinajstić information content (AvgIpc) is 3.55. The number of benzene rings is 2. The van der Waals surface area contributed by atoms with Crippen molar-refractivity contribution in [2.24, 2.45) is 17.8 Å². The Morgan fingerprint density at radius 1 is 0.829 bits per heavy atom. The second-order valence-corrected chi connectivity index (χ2v) is 14.8. The van der Waals surface area contributed by atoms with E-state index in [0.717, 1.165) is 43.7 Å². The van der Waals surface area contributed by atoms with E-state index in [2.05, 4.69) is 44.4 Å². The molecule has 3 aromatic rings. The molecule has 2 aromatic carbocycles. The van der Waals surface area contributed by atoms with Crippen molar-refractivity contribution in [3.8, 4) is 0 Å². The van der Waals surface area contributed by atoms with E-state index in [1.165, 1.54) is 76.1 Å². The predicted molar refractivity (Wildman–Crippen MR) is 163 cm³/mol. The van der Waals surface area contributed by atoms with Gasteiger partial charge in [0.1, 0.15) is 0 Å². The molecule has 6 nitrogen and oxygen atoms in total. The van der Waals surface area contributed by atoms with E-state index in [1.807, 2.05) is 12.1 Å². The van der Waals surface area contributed by atoms with Gasteiger partial charge in [-0.2, -0.15) is 0 Å². The molecule has 1 N–H and O–H groups in total. The Bertz CT molecular complexity index is 1440. The van der Waals surface area contributed by atoms with Crippen LogP contribution in [0, 0.1) is 17.8 Å². The normalized spacial score (nSPS) is 24.7. The molecule has 216 valence electrons. The van der Waals surface area contributed by atoms with Crippen LogP contribution in [-0.2, 0) is 21.8 Å². The molecule has 4 heterocycles. The number of rotatable bonds is 7. The highest BCUT2D eigenvalue weighted by Gasteiger charge is 2.50. The third-order valence-corrected chi connectivity index (χ3v) is 12.4. The SMILES string of the molecule is O=S(=O)(c1ccncc1)c1ccc(N2CC(CN3CCC(C4(C5CCCC5)CNCc5ccccc54)CC3)C2)cc1. The van der Waals surface area contributed by atoms with E-state index >= 15 is 0 Å². The number of piperidine rings is 1. The van der Waals surface area contributed by atoms with Gasteiger partial charge >= 0.3 is 0 Å². The zero-order valence-electron chi connectivity index (χ0n) is 23.9. The third kappa shape index (κ3) is 5.00. The summed E-state index contributed by atoms with van der Waals surface area (Å²) in [4.78, 5) is 9.64. The third-order valence-electron chi connectivity index (χ3n) is 10.6. The van der Waals surface area contributed by atoms with Gasteiger partial charge in [-0.25, -0.2) is 8.42 Å². The number of nitrogens with one attached hydrogen (secondary N) is 1. The smallest absolute Gasteiger partial charge is 0.206 e. The van der Waals surface area contributed by atoms with Crippen LogP contribution in [0.5, 0.6) is 0 Å². The Kier molecular flexibility index (Phi) is 7.38. The second-order valence-electron chi connectivity index (χ2n) is 12.8. The highest BCUT2D eigenvalue weighted by molar-refractivity contribution is 7.91. The molecular formula is C34H42N4O2S. The maximum absolute atomic E-state index is 12.9. The first kappa shape index (κ1) is 27.1. The number of hydrogen-bond acceptors (Lipinski definition) is 6. The quantitative estimate of drug-likeness (QED) is 0.416. The van der Waals surface area contributed by atoms with Gasteiger partial charge in [0.15, 0.2) is 0 Å². The Labute approximate surface area is 245 Å². The largest absolute Gasteiger partial charge is 0.371 e. The van der Waals surface area contributed by atoms with E-state index in [9.17, 15) is 8.42 Å². The summed E-state index contributed by atoms with van der Waals surface area (Å²) >= 11 is 0. The summed E-state index contributed by atoms with van der Waals surface area (Å²) < 4.78 is 25.8. The van der Waals surface area contributed by atoms with Gasteiger partial charge in [-0.15, -0.1) is 0 Å². The first-order valence-electron chi connectivity index (χ1n) is 15.6. The molecule has 7 rings (SSSR count). The van der Waals surface area contributed by atoms with Crippen LogP contribution in [0.2, 0.25) is 0 Å². The standard InChI is InChI=1S/C34H42N4O2S/c39-41(40,32-13-17-35-18-14-32)31-11-9-30(10-12-31)38-23-26(24-38)22-37-19-15-29(16-20-37)34(28-6-2-3-7-28)25-36-21-27-5-1-4-8-33(27)34/h1,4-5,8-14,17-18,26,28-29,36H,2-3,6-7,15-16,19-25H2. The number of anilines is 1. The van der Waals surface area contributed by atoms with Crippen LogP contribution in [0.4, 0.5) is 5.69 Å². The molecule has 7 heteroatoms. The van der Waals surface area contributed by atoms with Crippen LogP contribution in [0.15, 0.2) is 82.8 Å². The molecule has 3 fully saturated rings. The first-order valence-corrected chi connectivity index (χ1v) is 17.0. The fourth-order valence-electron chi connectivity index (χ4n) is 8.51. The van der Waals surface area contributed by atoms with Crippen molar-refractivity contribution in [3.63, 3.8) is 0 Å². The minimum Gasteiger partial charge on any atom is -0.371 e. The molecule has 0 spiro atoms. The van der Waals surface area contributed by atoms with Gasteiger partial charge < -0.3 is 15.1 Å². The summed E-state index contributed by atoms with van der Waals surface area (Å²) in [6.07, 6.45) is 11.2. The van der Waals surface area contributed by atoms with Gasteiger partial charge in [-0.3, -0.25) is 4.98 Å². The molecule has 0 amide bonds. The lowest BCUT2D eigenvalue weighted by atomic mass is 9.57. The maximum Gasteiger partial charge on any atom is 0.206 e. The van der Waals surface area contributed by atoms with E-state index in [4.69, 9.17) is 0 Å². The highest BCUT2D eigenvalue weighted by atomic mass is 32.2. The summed E-state index contributed by atoms with van der Waals surface area (Å²) in [5.74, 6) is 2.25. The van der Waals surface area contributed by atoms with Crippen LogP contribution >= 0.6 is 0 Å². The Morgan fingerprint density at radius 2 is 1.49 bits per heavy atom. The highest BCUT2D eigenvalue weighted by Crippen LogP contribution is 2.52. The molecule has 1 aliphatic carbocycles. The van der Waals surface area contributed by atoms with Gasteiger partial charge in [-0.05, 0) is 98.1 Å². The predicted octanol–water partition coefficient (Wildman–Crippen LogP) is 5.29. The molecular weight excluding hydrogens is 528 g/mol. The van der Waals surface area contributed by atoms with Crippen molar-refractivity contribution in [1.29, 1.82) is 0 Å². The second kappa shape index (κ2) is 11.2. The number of nitrogens with zero attached hydrogens (tertiary/aromatic N) is 3. The van der Waals surface area contributed by atoms with Crippen LogP contribution in [0.25, 0.3) is 0 Å². The summed E-state index contributed by atoms with van der Waals surface area (Å²) in [7, 11) is -3.51. The van der Waals surface area contributed by atoms with Gasteiger partial charge in [0.05, 0.1) is 9.79 Å². The number of likely N-dealkylation sites (tertiary alicyclic amines) is 1. The lowest BCUT2D eigenvalue weighted by Gasteiger charge is -2.52. The number of pyridine rings is 1. The van der Waals surface area contributed by atoms with Gasteiger partial charge in [0.25, 0.3) is 0 Å². The van der Waals surface area contributed by atoms with Gasteiger partial charge in [-0.1, -0.05) is 37.1 Å². The molecule has 1 unspecified atom stereocenters. The summed E-state index contributed by atoms with van der Waals surface area (Å²) in [6.45, 7) is 7.84. The minimum atomic E-state index is -3.51. The van der Waals surface area contributed by atoms with E-state index in [0.29, 0.717) is 16.2 Å². The molecule has 41 heavy (non-hydrogen) atoms. The zero-order chi connectivity index (χ0) is 27.9. The summed E-state index contributed by atoms with van der Waals surface area (Å²) in [5, 5.41) is 3.85. The molecule has 0 radical (unpaired) electrons. The summed E-state index contributed by atoms with van der Waals surface area (Å²) in [6, 6.07) is 19.8. The van der Waals surface area contributed by atoms with Crippen molar-refractivity contribution in [1.82, 2.24) is 15.2 Å². The van der Waals surface area contributed by atoms with Crippen LogP contribution < -0.4 is 10.2 Å². The molecule has 0 bridgehead atoms. The first-order chi connectivity index (χ1) is 20.0. The Hall–Kier alpha value is -2.74. The lowest BCUT2D eigenvalue weighted by Crippen LogP contribution is -2.56. The van der Waals surface area contributed by atoms with Crippen molar-refractivity contribution in [3.05, 3.63) is 84.2 Å². The van der Waals surface area contributed by atoms with Gasteiger partial charge in [0, 0.05) is 62.1 Å². The maximum atomic E-state index is 12.9. The monoisotopic (exact) mass is 570 g/mol. The van der Waals surface area contributed by atoms with Crippen molar-refractivity contribution in [2.45, 2.75) is 60.3 Å². The molecule has 4 aliphatic rings. The van der Waals surface area contributed by atoms with Crippen molar-refractivity contribution in [2.75, 3.05) is 44.2 Å². The van der Waals surface area contributed by atoms with Crippen LogP contribution in [0.3, 0.4) is 0 Å². The average molecular weight is 571 g/mol. The topological polar surface area (TPSA) is 65.5 Å². The number of aromatic nitrogens is 1. The van der Waals surface area contributed by atoms with Crippen molar-refractivity contribution < 1.29 is 8.42 Å². The molecule has 3 aliphatic heterocycles. The summed E-state index contributed by atoms with van der Waals surface area (Å²) in [5.41, 5.74) is 4.61. The fraction of sp³-hybridized carbons (Fsp3) is 0.500. The van der Waals surface area contributed by atoms with E-state index < -0.39 is 9.84 Å². The Balaban J connectivity index is 0.954. The molecule has 1 atom stereocenters. The number of hydrogen-bond donors (Lipinski definition) is 1. The van der Waals surface area contributed by atoms with E-state index in [-0.39, 0.29) is 4.90 Å². The minimum absolute atomic E-state index is 0.283. The zero-order valence-corrected chi connectivity index (χ0v) is 24.7. The van der Waals surface area contributed by atoms with E-state index in [1.54, 1.807) is 29.8 Å². The number of sulfone groups is 1. The lowest BCUT2D eigenvalue weighted by molar-refractivity contribution is 0.0705.